The van der Waals surface area contributed by atoms with Crippen LogP contribution in [0, 0.1) is 0 Å². The van der Waals surface area contributed by atoms with E-state index in [4.69, 9.17) is 0 Å². The molecule has 2 heterocycles. The molecule has 0 amide bonds. The van der Waals surface area contributed by atoms with Gasteiger partial charge in [0.15, 0.2) is 0 Å². The second-order valence-electron chi connectivity index (χ2n) is 2.59. The van der Waals surface area contributed by atoms with E-state index in [0.717, 1.165) is 11.4 Å². The van der Waals surface area contributed by atoms with E-state index < -0.39 is 0 Å². The predicted octanol–water partition coefficient (Wildman–Crippen LogP) is 1.98. The third-order valence-corrected chi connectivity index (χ3v) is 1.64. The minimum atomic E-state index is 0.942. The van der Waals surface area contributed by atoms with Crippen molar-refractivity contribution < 1.29 is 0 Å². The molecule has 0 aliphatic rings. The zero-order valence-corrected chi connectivity index (χ0v) is 7.01. The van der Waals surface area contributed by atoms with Gasteiger partial charge in [0.05, 0.1) is 23.9 Å². The molecule has 13 heavy (non-hydrogen) atoms. The summed E-state index contributed by atoms with van der Waals surface area (Å²) in [7, 11) is 0. The summed E-state index contributed by atoms with van der Waals surface area (Å²) in [6, 6.07) is 5.81. The van der Waals surface area contributed by atoms with Crippen LogP contribution in [0.15, 0.2) is 36.9 Å². The topological polar surface area (TPSA) is 41.6 Å². The first-order valence-electron chi connectivity index (χ1n) is 4.02. The Morgan fingerprint density at radius 1 is 1.23 bits per heavy atom. The van der Waals surface area contributed by atoms with E-state index in [-0.39, 0.29) is 0 Å². The summed E-state index contributed by atoms with van der Waals surface area (Å²) in [5.74, 6) is 0. The van der Waals surface area contributed by atoms with Gasteiger partial charge in [-0.3, -0.25) is 4.98 Å². The van der Waals surface area contributed by atoms with Crippen molar-refractivity contribution in [3.8, 4) is 0 Å². The summed E-state index contributed by atoms with van der Waals surface area (Å²) >= 11 is 0. The Morgan fingerprint density at radius 3 is 2.92 bits per heavy atom. The van der Waals surface area contributed by atoms with E-state index >= 15 is 0 Å². The van der Waals surface area contributed by atoms with Gasteiger partial charge in [-0.25, -0.2) is 4.98 Å². The number of rotatable bonds is 2. The summed E-state index contributed by atoms with van der Waals surface area (Å²) in [5, 5.41) is 0. The van der Waals surface area contributed by atoms with E-state index in [0.29, 0.717) is 0 Å². The lowest BCUT2D eigenvalue weighted by atomic mass is 10.3. The van der Waals surface area contributed by atoms with Crippen molar-refractivity contribution in [3.05, 3.63) is 48.3 Å². The fourth-order valence-corrected chi connectivity index (χ4v) is 1.01. The molecule has 0 spiro atoms. The molecule has 3 nitrogen and oxygen atoms in total. The molecule has 0 fully saturated rings. The normalized spacial score (nSPS) is 10.8. The molecule has 64 valence electrons. The lowest BCUT2D eigenvalue weighted by molar-refractivity contribution is 1.29. The molecule has 0 aromatic carbocycles. The van der Waals surface area contributed by atoms with Crippen molar-refractivity contribution in [2.75, 3.05) is 0 Å². The SMILES string of the molecule is C(=C\c1cnc[nH]1)/c1ccccn1. The summed E-state index contributed by atoms with van der Waals surface area (Å²) in [6.45, 7) is 0. The molecule has 0 bridgehead atoms. The zero-order valence-electron chi connectivity index (χ0n) is 7.01. The molecule has 0 atom stereocenters. The second kappa shape index (κ2) is 3.67. The standard InChI is InChI=1S/C10H9N3/c1-2-6-12-9(3-1)4-5-10-7-11-8-13-10/h1-8H,(H,11,13)/b5-4+. The smallest absolute Gasteiger partial charge is 0.0924 e. The Balaban J connectivity index is 2.15. The molecular formula is C10H9N3. The first-order chi connectivity index (χ1) is 6.45. The highest BCUT2D eigenvalue weighted by molar-refractivity contribution is 5.65. The van der Waals surface area contributed by atoms with Crippen molar-refractivity contribution >= 4 is 12.2 Å². The van der Waals surface area contributed by atoms with Crippen LogP contribution in [0.2, 0.25) is 0 Å². The second-order valence-corrected chi connectivity index (χ2v) is 2.59. The Kier molecular flexibility index (Phi) is 2.18. The third-order valence-electron chi connectivity index (χ3n) is 1.64. The highest BCUT2D eigenvalue weighted by Crippen LogP contribution is 2.01. The van der Waals surface area contributed by atoms with Crippen LogP contribution < -0.4 is 0 Å². The number of aromatic amines is 1. The monoisotopic (exact) mass is 171 g/mol. The number of nitrogens with zero attached hydrogens (tertiary/aromatic N) is 2. The van der Waals surface area contributed by atoms with Crippen molar-refractivity contribution in [2.45, 2.75) is 0 Å². The summed E-state index contributed by atoms with van der Waals surface area (Å²) in [6.07, 6.45) is 9.06. The van der Waals surface area contributed by atoms with Crippen LogP contribution in [0.1, 0.15) is 11.4 Å². The lowest BCUT2D eigenvalue weighted by Gasteiger charge is -1.88. The number of imidazole rings is 1. The van der Waals surface area contributed by atoms with E-state index in [2.05, 4.69) is 15.0 Å². The largest absolute Gasteiger partial charge is 0.345 e. The molecule has 0 unspecified atom stereocenters. The summed E-state index contributed by atoms with van der Waals surface area (Å²) in [4.78, 5) is 11.0. The van der Waals surface area contributed by atoms with Crippen molar-refractivity contribution in [3.63, 3.8) is 0 Å². The van der Waals surface area contributed by atoms with E-state index in [1.165, 1.54) is 0 Å². The van der Waals surface area contributed by atoms with Gasteiger partial charge in [0, 0.05) is 6.20 Å². The first-order valence-corrected chi connectivity index (χ1v) is 4.02. The molecular weight excluding hydrogens is 162 g/mol. The predicted molar refractivity (Wildman–Crippen MR) is 51.8 cm³/mol. The maximum absolute atomic E-state index is 4.16. The van der Waals surface area contributed by atoms with Gasteiger partial charge in [-0.15, -0.1) is 0 Å². The van der Waals surface area contributed by atoms with Crippen LogP contribution in [0.25, 0.3) is 12.2 Å². The molecule has 2 aromatic rings. The summed E-state index contributed by atoms with van der Waals surface area (Å²) in [5.41, 5.74) is 1.92. The van der Waals surface area contributed by atoms with Crippen LogP contribution >= 0.6 is 0 Å². The van der Waals surface area contributed by atoms with E-state index in [1.54, 1.807) is 18.7 Å². The molecule has 0 aliphatic carbocycles. The van der Waals surface area contributed by atoms with Gasteiger partial charge in [0.2, 0.25) is 0 Å². The summed E-state index contributed by atoms with van der Waals surface area (Å²) < 4.78 is 0. The molecule has 0 saturated carbocycles. The van der Waals surface area contributed by atoms with Crippen molar-refractivity contribution in [1.29, 1.82) is 0 Å². The van der Waals surface area contributed by atoms with Gasteiger partial charge in [-0.1, -0.05) is 6.07 Å². The highest BCUT2D eigenvalue weighted by Gasteiger charge is 1.86. The van der Waals surface area contributed by atoms with Gasteiger partial charge in [0.1, 0.15) is 0 Å². The fourth-order valence-electron chi connectivity index (χ4n) is 1.01. The Hall–Kier alpha value is -1.90. The minimum Gasteiger partial charge on any atom is -0.345 e. The lowest BCUT2D eigenvalue weighted by Crippen LogP contribution is -1.76. The van der Waals surface area contributed by atoms with Gasteiger partial charge in [-0.05, 0) is 24.3 Å². The Bertz CT molecular complexity index is 376. The quantitative estimate of drug-likeness (QED) is 0.750. The average molecular weight is 171 g/mol. The van der Waals surface area contributed by atoms with E-state index in [9.17, 15) is 0 Å². The van der Waals surface area contributed by atoms with Crippen LogP contribution in [0.3, 0.4) is 0 Å². The Morgan fingerprint density at radius 2 is 2.23 bits per heavy atom. The Labute approximate surface area is 76.2 Å². The molecule has 0 saturated heterocycles. The molecule has 1 N–H and O–H groups in total. The number of pyridine rings is 1. The maximum Gasteiger partial charge on any atom is 0.0924 e. The van der Waals surface area contributed by atoms with Crippen LogP contribution in [0.4, 0.5) is 0 Å². The van der Waals surface area contributed by atoms with Gasteiger partial charge < -0.3 is 4.98 Å². The van der Waals surface area contributed by atoms with Crippen molar-refractivity contribution in [1.82, 2.24) is 15.0 Å². The van der Waals surface area contributed by atoms with E-state index in [1.807, 2.05) is 30.4 Å². The van der Waals surface area contributed by atoms with Crippen molar-refractivity contribution in [2.24, 2.45) is 0 Å². The van der Waals surface area contributed by atoms with Crippen LogP contribution in [0.5, 0.6) is 0 Å². The molecule has 0 aliphatic heterocycles. The van der Waals surface area contributed by atoms with Gasteiger partial charge in [-0.2, -0.15) is 0 Å². The highest BCUT2D eigenvalue weighted by atomic mass is 14.8. The van der Waals surface area contributed by atoms with Gasteiger partial charge in [0.25, 0.3) is 0 Å². The molecule has 2 rings (SSSR count). The minimum absolute atomic E-state index is 0.942. The maximum atomic E-state index is 4.16. The molecule has 3 heteroatoms. The number of hydrogen-bond acceptors (Lipinski definition) is 2. The molecule has 2 aromatic heterocycles. The number of aromatic nitrogens is 3. The number of hydrogen-bond donors (Lipinski definition) is 1. The molecule has 0 radical (unpaired) electrons. The van der Waals surface area contributed by atoms with Crippen LogP contribution in [-0.4, -0.2) is 15.0 Å². The number of H-pyrrole nitrogens is 1. The number of nitrogens with one attached hydrogen (secondary N) is 1. The van der Waals surface area contributed by atoms with Crippen LogP contribution in [-0.2, 0) is 0 Å². The van der Waals surface area contributed by atoms with Gasteiger partial charge >= 0.3 is 0 Å². The first kappa shape index (κ1) is 7.73. The third kappa shape index (κ3) is 2.02. The fraction of sp³-hybridized carbons (Fsp3) is 0. The average Bonchev–Trinajstić information content (AvgIpc) is 2.69. The zero-order chi connectivity index (χ0) is 8.93.